The van der Waals surface area contributed by atoms with Gasteiger partial charge in [-0.2, -0.15) is 0 Å². The number of carbonyl (C=O) groups is 2. The third-order valence-electron chi connectivity index (χ3n) is 4.70. The van der Waals surface area contributed by atoms with Gasteiger partial charge in [0.1, 0.15) is 0 Å². The largest absolute Gasteiger partial charge is 0.322 e. The molecule has 0 bridgehead atoms. The maximum Gasteiger partial charge on any atom is 0.257 e. The second kappa shape index (κ2) is 8.69. The summed E-state index contributed by atoms with van der Waals surface area (Å²) in [7, 11) is 0. The van der Waals surface area contributed by atoms with Crippen LogP contribution in [0, 0.1) is 13.8 Å². The summed E-state index contributed by atoms with van der Waals surface area (Å²) < 4.78 is 0. The highest BCUT2D eigenvalue weighted by Gasteiger charge is 2.15. The quantitative estimate of drug-likeness (QED) is 0.622. The highest BCUT2D eigenvalue weighted by Crippen LogP contribution is 2.27. The van der Waals surface area contributed by atoms with Gasteiger partial charge in [0.25, 0.3) is 11.8 Å². The number of nitrogens with zero attached hydrogens (tertiary/aromatic N) is 1. The molecule has 1 heterocycles. The third kappa shape index (κ3) is 4.88. The van der Waals surface area contributed by atoms with Crippen molar-refractivity contribution in [1.29, 1.82) is 0 Å². The minimum Gasteiger partial charge on any atom is -0.322 e. The molecule has 0 fully saturated rings. The van der Waals surface area contributed by atoms with Gasteiger partial charge in [-0.3, -0.25) is 14.6 Å². The average Bonchev–Trinajstić information content (AvgIpc) is 2.69. The third-order valence-corrected chi connectivity index (χ3v) is 4.70. The lowest BCUT2D eigenvalue weighted by Crippen LogP contribution is -2.17. The number of rotatable bonds is 5. The van der Waals surface area contributed by atoms with Gasteiger partial charge in [0, 0.05) is 23.8 Å². The zero-order valence-corrected chi connectivity index (χ0v) is 17.1. The maximum absolute atomic E-state index is 12.8. The molecular formula is C24H25N3O2. The van der Waals surface area contributed by atoms with E-state index in [-0.39, 0.29) is 17.7 Å². The van der Waals surface area contributed by atoms with E-state index in [1.807, 2.05) is 56.3 Å². The Balaban J connectivity index is 1.81. The molecule has 0 spiro atoms. The highest BCUT2D eigenvalue weighted by molar-refractivity contribution is 6.08. The van der Waals surface area contributed by atoms with Gasteiger partial charge in [0.05, 0.1) is 11.1 Å². The van der Waals surface area contributed by atoms with Crippen LogP contribution in [0.3, 0.4) is 0 Å². The molecule has 0 saturated heterocycles. The molecule has 2 aromatic carbocycles. The number of amides is 2. The van der Waals surface area contributed by atoms with E-state index in [4.69, 9.17) is 0 Å². The van der Waals surface area contributed by atoms with E-state index in [0.29, 0.717) is 16.8 Å². The molecule has 148 valence electrons. The van der Waals surface area contributed by atoms with Crippen LogP contribution >= 0.6 is 0 Å². The predicted molar refractivity (Wildman–Crippen MR) is 117 cm³/mol. The van der Waals surface area contributed by atoms with Gasteiger partial charge in [-0.15, -0.1) is 0 Å². The van der Waals surface area contributed by atoms with Gasteiger partial charge in [0.15, 0.2) is 0 Å². The standard InChI is InChI=1S/C24H25N3O2/c1-15(2)21-10-6-8-17(4)22(21)27-24(29)19-12-18(13-25-14-19)23(28)26-20-9-5-7-16(3)11-20/h5-15H,1-4H3,(H,26,28)(H,27,29). The number of pyridine rings is 1. The van der Waals surface area contributed by atoms with E-state index in [1.54, 1.807) is 6.07 Å². The van der Waals surface area contributed by atoms with Gasteiger partial charge in [-0.05, 0) is 54.7 Å². The Labute approximate surface area is 171 Å². The summed E-state index contributed by atoms with van der Waals surface area (Å²) in [6.45, 7) is 8.09. The van der Waals surface area contributed by atoms with Crippen molar-refractivity contribution in [3.8, 4) is 0 Å². The lowest BCUT2D eigenvalue weighted by Gasteiger charge is -2.16. The summed E-state index contributed by atoms with van der Waals surface area (Å²) in [4.78, 5) is 29.5. The summed E-state index contributed by atoms with van der Waals surface area (Å²) in [6.07, 6.45) is 2.92. The second-order valence-electron chi connectivity index (χ2n) is 7.43. The molecular weight excluding hydrogens is 362 g/mol. The molecule has 0 saturated carbocycles. The van der Waals surface area contributed by atoms with Crippen LogP contribution in [0.2, 0.25) is 0 Å². The van der Waals surface area contributed by atoms with Gasteiger partial charge < -0.3 is 10.6 Å². The Bertz CT molecular complexity index is 1060. The number of aryl methyl sites for hydroxylation is 2. The predicted octanol–water partition coefficient (Wildman–Crippen LogP) is 5.33. The molecule has 29 heavy (non-hydrogen) atoms. The normalized spacial score (nSPS) is 10.7. The van der Waals surface area contributed by atoms with Crippen LogP contribution in [0.5, 0.6) is 0 Å². The van der Waals surface area contributed by atoms with E-state index in [1.165, 1.54) is 12.4 Å². The molecule has 5 heteroatoms. The zero-order chi connectivity index (χ0) is 21.0. The first-order valence-electron chi connectivity index (χ1n) is 9.59. The molecule has 1 aromatic heterocycles. The number of aromatic nitrogens is 1. The van der Waals surface area contributed by atoms with E-state index < -0.39 is 0 Å². The highest BCUT2D eigenvalue weighted by atomic mass is 16.2. The van der Waals surface area contributed by atoms with E-state index in [9.17, 15) is 9.59 Å². The number of hydrogen-bond donors (Lipinski definition) is 2. The van der Waals surface area contributed by atoms with Crippen LogP contribution < -0.4 is 10.6 Å². The Morgan fingerprint density at radius 2 is 1.52 bits per heavy atom. The van der Waals surface area contributed by atoms with Crippen LogP contribution in [-0.4, -0.2) is 16.8 Å². The Hall–Kier alpha value is -3.47. The number of hydrogen-bond acceptors (Lipinski definition) is 3. The van der Waals surface area contributed by atoms with E-state index in [2.05, 4.69) is 29.5 Å². The first-order valence-corrected chi connectivity index (χ1v) is 9.59. The smallest absolute Gasteiger partial charge is 0.257 e. The van der Waals surface area contributed by atoms with Crippen molar-refractivity contribution in [2.45, 2.75) is 33.6 Å². The molecule has 0 aliphatic heterocycles. The summed E-state index contributed by atoms with van der Waals surface area (Å²) in [5.74, 6) is -0.329. The fraction of sp³-hybridized carbons (Fsp3) is 0.208. The molecule has 2 amide bonds. The van der Waals surface area contributed by atoms with Crippen molar-refractivity contribution < 1.29 is 9.59 Å². The Kier molecular flexibility index (Phi) is 6.07. The molecule has 2 N–H and O–H groups in total. The summed E-state index contributed by atoms with van der Waals surface area (Å²) >= 11 is 0. The van der Waals surface area contributed by atoms with Crippen molar-refractivity contribution in [3.63, 3.8) is 0 Å². The van der Waals surface area contributed by atoms with Crippen LogP contribution in [-0.2, 0) is 0 Å². The molecule has 0 radical (unpaired) electrons. The maximum atomic E-state index is 12.8. The molecule has 0 aliphatic rings. The minimum atomic E-state index is -0.309. The summed E-state index contributed by atoms with van der Waals surface area (Å²) in [5, 5.41) is 5.83. The molecule has 0 atom stereocenters. The lowest BCUT2D eigenvalue weighted by atomic mass is 9.98. The Morgan fingerprint density at radius 3 is 2.17 bits per heavy atom. The Morgan fingerprint density at radius 1 is 0.862 bits per heavy atom. The van der Waals surface area contributed by atoms with Crippen molar-refractivity contribution in [2.75, 3.05) is 10.6 Å². The van der Waals surface area contributed by atoms with Crippen molar-refractivity contribution in [2.24, 2.45) is 0 Å². The van der Waals surface area contributed by atoms with E-state index in [0.717, 1.165) is 22.4 Å². The first kappa shape index (κ1) is 20.3. The van der Waals surface area contributed by atoms with Gasteiger partial charge in [-0.25, -0.2) is 0 Å². The first-order chi connectivity index (χ1) is 13.8. The number of anilines is 2. The summed E-state index contributed by atoms with van der Waals surface area (Å²) in [6, 6.07) is 15.1. The fourth-order valence-electron chi connectivity index (χ4n) is 3.14. The van der Waals surface area contributed by atoms with E-state index >= 15 is 0 Å². The number of carbonyl (C=O) groups excluding carboxylic acids is 2. The van der Waals surface area contributed by atoms with Gasteiger partial charge >= 0.3 is 0 Å². The average molecular weight is 387 g/mol. The van der Waals surface area contributed by atoms with Gasteiger partial charge in [0.2, 0.25) is 0 Å². The lowest BCUT2D eigenvalue weighted by molar-refractivity contribution is 0.102. The van der Waals surface area contributed by atoms with Crippen molar-refractivity contribution in [3.05, 3.63) is 88.7 Å². The second-order valence-corrected chi connectivity index (χ2v) is 7.43. The van der Waals surface area contributed by atoms with Crippen LogP contribution in [0.4, 0.5) is 11.4 Å². The number of nitrogens with one attached hydrogen (secondary N) is 2. The van der Waals surface area contributed by atoms with Crippen LogP contribution in [0.15, 0.2) is 60.9 Å². The number of benzene rings is 2. The zero-order valence-electron chi connectivity index (χ0n) is 17.1. The van der Waals surface area contributed by atoms with Crippen LogP contribution in [0.25, 0.3) is 0 Å². The number of para-hydroxylation sites is 1. The summed E-state index contributed by atoms with van der Waals surface area (Å²) in [5.41, 5.74) is 5.28. The molecule has 0 aliphatic carbocycles. The monoisotopic (exact) mass is 387 g/mol. The van der Waals surface area contributed by atoms with Crippen LogP contribution in [0.1, 0.15) is 57.2 Å². The SMILES string of the molecule is Cc1cccc(NC(=O)c2cncc(C(=O)Nc3c(C)cccc3C(C)C)c2)c1. The minimum absolute atomic E-state index is 0.273. The topological polar surface area (TPSA) is 71.1 Å². The molecule has 0 unspecified atom stereocenters. The van der Waals surface area contributed by atoms with Crippen molar-refractivity contribution >= 4 is 23.2 Å². The molecule has 5 nitrogen and oxygen atoms in total. The van der Waals surface area contributed by atoms with Crippen molar-refractivity contribution in [1.82, 2.24) is 4.98 Å². The fourth-order valence-corrected chi connectivity index (χ4v) is 3.14. The van der Waals surface area contributed by atoms with Gasteiger partial charge in [-0.1, -0.05) is 44.2 Å². The molecule has 3 rings (SSSR count). The molecule has 3 aromatic rings.